The van der Waals surface area contributed by atoms with Crippen molar-refractivity contribution in [3.05, 3.63) is 35.4 Å². The first-order valence-electron chi connectivity index (χ1n) is 6.15. The van der Waals surface area contributed by atoms with Crippen LogP contribution in [-0.4, -0.2) is 30.4 Å². The van der Waals surface area contributed by atoms with Crippen LogP contribution in [-0.2, 0) is 4.79 Å². The van der Waals surface area contributed by atoms with E-state index in [1.54, 1.807) is 4.90 Å². The van der Waals surface area contributed by atoms with Gasteiger partial charge in [0.2, 0.25) is 5.91 Å². The van der Waals surface area contributed by atoms with E-state index in [2.05, 4.69) is 43.4 Å². The largest absolute Gasteiger partial charge is 0.344 e. The van der Waals surface area contributed by atoms with Crippen LogP contribution in [0.2, 0.25) is 0 Å². The van der Waals surface area contributed by atoms with Gasteiger partial charge in [-0.2, -0.15) is 0 Å². The van der Waals surface area contributed by atoms with Gasteiger partial charge in [0.1, 0.15) is 0 Å². The van der Waals surface area contributed by atoms with Crippen LogP contribution in [0.15, 0.2) is 24.3 Å². The van der Waals surface area contributed by atoms with Gasteiger partial charge in [0.05, 0.1) is 6.04 Å². The van der Waals surface area contributed by atoms with Gasteiger partial charge in [-0.05, 0) is 25.8 Å². The third-order valence-corrected chi connectivity index (χ3v) is 3.46. The minimum atomic E-state index is -0.0173. The predicted octanol–water partition coefficient (Wildman–Crippen LogP) is 1.88. The summed E-state index contributed by atoms with van der Waals surface area (Å²) in [6, 6.07) is 8.66. The van der Waals surface area contributed by atoms with Crippen molar-refractivity contribution >= 4 is 5.91 Å². The third kappa shape index (κ3) is 2.67. The van der Waals surface area contributed by atoms with Crippen LogP contribution in [0.5, 0.6) is 0 Å². The van der Waals surface area contributed by atoms with E-state index in [1.807, 2.05) is 7.05 Å². The molecule has 0 radical (unpaired) electrons. The molecule has 1 fully saturated rings. The summed E-state index contributed by atoms with van der Waals surface area (Å²) in [5, 5.41) is 3.40. The Morgan fingerprint density at radius 2 is 2.00 bits per heavy atom. The van der Waals surface area contributed by atoms with Crippen LogP contribution in [0.3, 0.4) is 0 Å². The fraction of sp³-hybridized carbons (Fsp3) is 0.500. The highest BCUT2D eigenvalue weighted by Crippen LogP contribution is 2.17. The molecule has 3 heteroatoms. The Labute approximate surface area is 103 Å². The zero-order chi connectivity index (χ0) is 12.4. The normalized spacial score (nSPS) is 21.9. The molecule has 2 rings (SSSR count). The maximum Gasteiger partial charge on any atom is 0.239 e. The number of rotatable bonds is 3. The second-order valence-corrected chi connectivity index (χ2v) is 4.90. The monoisotopic (exact) mass is 232 g/mol. The highest BCUT2D eigenvalue weighted by atomic mass is 16.2. The van der Waals surface area contributed by atoms with E-state index in [9.17, 15) is 4.79 Å². The van der Waals surface area contributed by atoms with Crippen molar-refractivity contribution < 1.29 is 4.79 Å². The molecule has 1 unspecified atom stereocenters. The molecule has 1 aliphatic rings. The third-order valence-electron chi connectivity index (χ3n) is 3.46. The summed E-state index contributed by atoms with van der Waals surface area (Å²) >= 11 is 0. The number of nitrogens with one attached hydrogen (secondary N) is 1. The summed E-state index contributed by atoms with van der Waals surface area (Å²) in [4.78, 5) is 13.6. The van der Waals surface area contributed by atoms with Crippen LogP contribution >= 0.6 is 0 Å². The van der Waals surface area contributed by atoms with Crippen molar-refractivity contribution in [1.29, 1.82) is 0 Å². The number of benzene rings is 1. The molecule has 3 nitrogen and oxygen atoms in total. The first kappa shape index (κ1) is 12.1. The lowest BCUT2D eigenvalue weighted by Gasteiger charge is -2.19. The Balaban J connectivity index is 1.99. The number of hydrogen-bond acceptors (Lipinski definition) is 2. The van der Waals surface area contributed by atoms with Gasteiger partial charge in [0, 0.05) is 19.6 Å². The van der Waals surface area contributed by atoms with Crippen LogP contribution < -0.4 is 5.32 Å². The molecule has 0 spiro atoms. The molecule has 2 atom stereocenters. The van der Waals surface area contributed by atoms with Gasteiger partial charge in [0.15, 0.2) is 0 Å². The lowest BCUT2D eigenvalue weighted by molar-refractivity contribution is -0.128. The van der Waals surface area contributed by atoms with Crippen molar-refractivity contribution in [2.24, 2.45) is 0 Å². The maximum atomic E-state index is 11.8. The van der Waals surface area contributed by atoms with Crippen LogP contribution in [0, 0.1) is 6.92 Å². The smallest absolute Gasteiger partial charge is 0.239 e. The Hall–Kier alpha value is -1.35. The van der Waals surface area contributed by atoms with Gasteiger partial charge in [-0.3, -0.25) is 10.1 Å². The Morgan fingerprint density at radius 3 is 2.53 bits per heavy atom. The molecular weight excluding hydrogens is 212 g/mol. The van der Waals surface area contributed by atoms with E-state index in [-0.39, 0.29) is 18.0 Å². The molecule has 0 aromatic heterocycles. The van der Waals surface area contributed by atoms with E-state index in [0.29, 0.717) is 0 Å². The van der Waals surface area contributed by atoms with E-state index in [1.165, 1.54) is 11.1 Å². The molecule has 1 aliphatic heterocycles. The highest BCUT2D eigenvalue weighted by molar-refractivity contribution is 5.83. The average Bonchev–Trinajstić information content (AvgIpc) is 2.62. The van der Waals surface area contributed by atoms with Gasteiger partial charge >= 0.3 is 0 Å². The average molecular weight is 232 g/mol. The number of aryl methyl sites for hydroxylation is 1. The number of hydrogen-bond donors (Lipinski definition) is 1. The number of amides is 1. The number of carbonyl (C=O) groups is 1. The second-order valence-electron chi connectivity index (χ2n) is 4.90. The summed E-state index contributed by atoms with van der Waals surface area (Å²) < 4.78 is 0. The number of likely N-dealkylation sites (tertiary alicyclic amines) is 1. The summed E-state index contributed by atoms with van der Waals surface area (Å²) in [5.41, 5.74) is 2.50. The standard InChI is InChI=1S/C14H20N2O/c1-10-4-6-12(7-5-10)11(2)15-13-8-9-16(3)14(13)17/h4-7,11,13,15H,8-9H2,1-3H3/t11-,13?/m1/s1. The Kier molecular flexibility index (Phi) is 3.48. The maximum absolute atomic E-state index is 11.8. The van der Waals surface area contributed by atoms with Crippen molar-refractivity contribution in [1.82, 2.24) is 10.2 Å². The van der Waals surface area contributed by atoms with Crippen LogP contribution in [0.4, 0.5) is 0 Å². The van der Waals surface area contributed by atoms with Gasteiger partial charge in [-0.1, -0.05) is 29.8 Å². The molecule has 1 N–H and O–H groups in total. The number of likely N-dealkylation sites (N-methyl/N-ethyl adjacent to an activating group) is 1. The van der Waals surface area contributed by atoms with Crippen molar-refractivity contribution in [2.45, 2.75) is 32.4 Å². The molecule has 0 bridgehead atoms. The van der Waals surface area contributed by atoms with E-state index < -0.39 is 0 Å². The minimum Gasteiger partial charge on any atom is -0.344 e. The Bertz CT molecular complexity index is 399. The van der Waals surface area contributed by atoms with Crippen LogP contribution in [0.25, 0.3) is 0 Å². The quantitative estimate of drug-likeness (QED) is 0.863. The lowest BCUT2D eigenvalue weighted by atomic mass is 10.1. The summed E-state index contributed by atoms with van der Waals surface area (Å²) in [6.07, 6.45) is 0.908. The van der Waals surface area contributed by atoms with Crippen molar-refractivity contribution in [3.63, 3.8) is 0 Å². The van der Waals surface area contributed by atoms with E-state index in [4.69, 9.17) is 0 Å². The molecule has 1 aromatic carbocycles. The molecule has 1 amide bonds. The van der Waals surface area contributed by atoms with Crippen LogP contribution in [0.1, 0.15) is 30.5 Å². The highest BCUT2D eigenvalue weighted by Gasteiger charge is 2.29. The summed E-state index contributed by atoms with van der Waals surface area (Å²) in [6.45, 7) is 5.05. The van der Waals surface area contributed by atoms with Gasteiger partial charge in [-0.15, -0.1) is 0 Å². The molecular formula is C14H20N2O. The molecule has 0 aliphatic carbocycles. The van der Waals surface area contributed by atoms with Crippen molar-refractivity contribution in [2.75, 3.05) is 13.6 Å². The zero-order valence-corrected chi connectivity index (χ0v) is 10.7. The first-order chi connectivity index (χ1) is 8.08. The van der Waals surface area contributed by atoms with Gasteiger partial charge in [-0.25, -0.2) is 0 Å². The number of carbonyl (C=O) groups excluding carboxylic acids is 1. The molecule has 17 heavy (non-hydrogen) atoms. The SMILES string of the molecule is Cc1ccc([C@@H](C)NC2CCN(C)C2=O)cc1. The summed E-state index contributed by atoms with van der Waals surface area (Å²) in [7, 11) is 1.86. The Morgan fingerprint density at radius 1 is 1.35 bits per heavy atom. The van der Waals surface area contributed by atoms with Gasteiger partial charge < -0.3 is 4.90 Å². The summed E-state index contributed by atoms with van der Waals surface area (Å²) in [5.74, 6) is 0.212. The van der Waals surface area contributed by atoms with E-state index in [0.717, 1.165) is 13.0 Å². The first-order valence-corrected chi connectivity index (χ1v) is 6.15. The lowest BCUT2D eigenvalue weighted by Crippen LogP contribution is -2.38. The molecule has 1 heterocycles. The molecule has 1 aromatic rings. The molecule has 92 valence electrons. The fourth-order valence-corrected chi connectivity index (χ4v) is 2.23. The minimum absolute atomic E-state index is 0.0173. The predicted molar refractivity (Wildman–Crippen MR) is 68.8 cm³/mol. The molecule has 1 saturated heterocycles. The second kappa shape index (κ2) is 4.88. The topological polar surface area (TPSA) is 32.3 Å². The van der Waals surface area contributed by atoms with Crippen molar-refractivity contribution in [3.8, 4) is 0 Å². The fourth-order valence-electron chi connectivity index (χ4n) is 2.23. The molecule has 0 saturated carbocycles. The van der Waals surface area contributed by atoms with E-state index >= 15 is 0 Å². The zero-order valence-electron chi connectivity index (χ0n) is 10.7. The number of nitrogens with zero attached hydrogens (tertiary/aromatic N) is 1. The van der Waals surface area contributed by atoms with Gasteiger partial charge in [0.25, 0.3) is 0 Å².